The normalized spacial score (nSPS) is 26.2. The lowest BCUT2D eigenvalue weighted by Gasteiger charge is -2.24. The molecule has 156 valence electrons. The lowest BCUT2D eigenvalue weighted by molar-refractivity contribution is -0.0503. The molecule has 1 aliphatic rings. The van der Waals surface area contributed by atoms with Crippen LogP contribution in [-0.2, 0) is 22.9 Å². The average molecular weight is 443 g/mol. The molecule has 0 bridgehead atoms. The number of aromatic nitrogens is 4. The maximum atomic E-state index is 11.9. The molecule has 2 aromatic heterocycles. The Kier molecular flexibility index (Phi) is 5.46. The van der Waals surface area contributed by atoms with Crippen molar-refractivity contribution in [3.8, 4) is 0 Å². The number of ether oxygens (including phenoxy) is 1. The maximum absolute atomic E-state index is 11.9. The van der Waals surface area contributed by atoms with Crippen LogP contribution in [0.4, 0.5) is 5.95 Å². The van der Waals surface area contributed by atoms with Crippen LogP contribution in [0.5, 0.6) is 0 Å². The number of anilines is 1. The molecule has 0 saturated carbocycles. The van der Waals surface area contributed by atoms with E-state index in [-0.39, 0.29) is 17.1 Å². The van der Waals surface area contributed by atoms with Crippen LogP contribution in [0, 0.1) is 0 Å². The molecule has 3 heterocycles. The molecule has 0 aliphatic carbocycles. The third kappa shape index (κ3) is 4.31. The number of hydrogen-bond donors (Lipinski definition) is 7. The molecule has 3 rings (SSSR count). The fourth-order valence-electron chi connectivity index (χ4n) is 2.76. The number of nitrogens with zero attached hydrogens (tertiary/aromatic N) is 3. The molecule has 28 heavy (non-hydrogen) atoms. The lowest BCUT2D eigenvalue weighted by atomic mass is 10.1. The molecule has 4 atom stereocenters. The summed E-state index contributed by atoms with van der Waals surface area (Å²) in [6, 6.07) is 0. The van der Waals surface area contributed by atoms with Crippen molar-refractivity contribution in [1.29, 1.82) is 0 Å². The first kappa shape index (κ1) is 21.0. The number of rotatable bonds is 6. The quantitative estimate of drug-likeness (QED) is 0.229. The molecular weight excluding hydrogens is 428 g/mol. The number of nitrogens with one attached hydrogen (secondary N) is 1. The van der Waals surface area contributed by atoms with Crippen molar-refractivity contribution in [2.75, 3.05) is 12.3 Å². The minimum atomic E-state index is -5.21. The van der Waals surface area contributed by atoms with Gasteiger partial charge in [0.05, 0.1) is 12.9 Å². The highest BCUT2D eigenvalue weighted by atomic mass is 31.2. The molecule has 1 saturated heterocycles. The Morgan fingerprint density at radius 1 is 1.21 bits per heavy atom. The Labute approximate surface area is 154 Å². The lowest BCUT2D eigenvalue weighted by Crippen LogP contribution is -2.36. The van der Waals surface area contributed by atoms with Crippen LogP contribution in [0.2, 0.25) is 0 Å². The molecule has 1 fully saturated rings. The van der Waals surface area contributed by atoms with Gasteiger partial charge in [-0.15, -0.1) is 0 Å². The fraction of sp³-hybridized carbons (Fsp3) is 0.500. The van der Waals surface area contributed by atoms with E-state index in [0.29, 0.717) is 0 Å². The van der Waals surface area contributed by atoms with Crippen molar-refractivity contribution in [2.24, 2.45) is 0 Å². The predicted octanol–water partition coefficient (Wildman–Crippen LogP) is -2.45. The second-order valence-electron chi connectivity index (χ2n) is 5.64. The Balaban J connectivity index is 2.11. The SMILES string of the molecule is Nc1nc2c(ncn2C2OC(CO)C(OP(=O)(O)O)C2OP(=O)(O)O)c(=O)[nH]1. The van der Waals surface area contributed by atoms with Crippen molar-refractivity contribution in [3.05, 3.63) is 16.7 Å². The van der Waals surface area contributed by atoms with Crippen LogP contribution < -0.4 is 11.3 Å². The van der Waals surface area contributed by atoms with Crippen molar-refractivity contribution in [3.63, 3.8) is 0 Å². The molecule has 8 N–H and O–H groups in total. The number of phosphoric acid groups is 2. The summed E-state index contributed by atoms with van der Waals surface area (Å²) < 4.78 is 38.1. The zero-order chi connectivity index (χ0) is 20.9. The molecule has 1 aliphatic heterocycles. The second kappa shape index (κ2) is 7.27. The summed E-state index contributed by atoms with van der Waals surface area (Å²) in [5, 5.41) is 9.44. The van der Waals surface area contributed by atoms with Gasteiger partial charge in [-0.25, -0.2) is 14.1 Å². The summed E-state index contributed by atoms with van der Waals surface area (Å²) in [6.45, 7) is -0.842. The summed E-state index contributed by atoms with van der Waals surface area (Å²) in [5.74, 6) is -0.300. The Bertz CT molecular complexity index is 1030. The van der Waals surface area contributed by atoms with Crippen molar-refractivity contribution < 1.29 is 47.6 Å². The summed E-state index contributed by atoms with van der Waals surface area (Å²) in [7, 11) is -10.4. The van der Waals surface area contributed by atoms with Crippen molar-refractivity contribution >= 4 is 32.8 Å². The minimum absolute atomic E-state index is 0.168. The fourth-order valence-corrected chi connectivity index (χ4v) is 3.88. The summed E-state index contributed by atoms with van der Waals surface area (Å²) in [5.41, 5.74) is 4.40. The first-order chi connectivity index (χ1) is 12.9. The number of phosphoric ester groups is 2. The summed E-state index contributed by atoms with van der Waals surface area (Å²) in [4.78, 5) is 58.3. The Morgan fingerprint density at radius 2 is 1.82 bits per heavy atom. The van der Waals surface area contributed by atoms with E-state index < -0.39 is 52.4 Å². The highest BCUT2D eigenvalue weighted by molar-refractivity contribution is 7.46. The second-order valence-corrected chi connectivity index (χ2v) is 8.03. The number of fused-ring (bicyclic) bond motifs is 1. The van der Waals surface area contributed by atoms with E-state index in [9.17, 15) is 28.8 Å². The molecular formula is C10H15N5O11P2. The smallest absolute Gasteiger partial charge is 0.394 e. The van der Waals surface area contributed by atoms with Gasteiger partial charge in [-0.05, 0) is 0 Å². The van der Waals surface area contributed by atoms with E-state index in [1.54, 1.807) is 0 Å². The van der Waals surface area contributed by atoms with Crippen LogP contribution >= 0.6 is 15.6 Å². The zero-order valence-electron chi connectivity index (χ0n) is 13.6. The van der Waals surface area contributed by atoms with Gasteiger partial charge in [0.1, 0.15) is 18.3 Å². The molecule has 18 heteroatoms. The van der Waals surface area contributed by atoms with Crippen molar-refractivity contribution in [2.45, 2.75) is 24.5 Å². The highest BCUT2D eigenvalue weighted by Gasteiger charge is 2.52. The maximum Gasteiger partial charge on any atom is 0.470 e. The standard InChI is InChI=1S/C10H15N5O11P2/c11-10-13-7-4(8(17)14-10)12-2-15(7)9-6(26-28(21,22)23)5(3(1-16)24-9)25-27(18,19)20/h2-3,5-6,9,16H,1H2,(H2,18,19,20)(H2,21,22,23)(H3,11,13,14,17). The molecule has 0 radical (unpaired) electrons. The number of imidazole rings is 1. The number of aliphatic hydroxyl groups is 1. The Hall–Kier alpha value is -1.71. The number of aliphatic hydroxyl groups excluding tert-OH is 1. The first-order valence-electron chi connectivity index (χ1n) is 7.36. The third-order valence-electron chi connectivity index (χ3n) is 3.71. The number of nitrogen functional groups attached to an aromatic ring is 1. The van der Waals surface area contributed by atoms with Crippen molar-refractivity contribution in [1.82, 2.24) is 19.5 Å². The minimum Gasteiger partial charge on any atom is -0.394 e. The van der Waals surface area contributed by atoms with Gasteiger partial charge in [-0.3, -0.25) is 23.4 Å². The third-order valence-corrected chi connectivity index (χ3v) is 4.74. The number of aromatic amines is 1. The largest absolute Gasteiger partial charge is 0.470 e. The van der Waals surface area contributed by atoms with Crippen LogP contribution in [0.1, 0.15) is 6.23 Å². The summed E-state index contributed by atoms with van der Waals surface area (Å²) >= 11 is 0. The van der Waals surface area contributed by atoms with Gasteiger partial charge in [-0.1, -0.05) is 0 Å². The molecule has 0 amide bonds. The number of H-pyrrole nitrogens is 1. The van der Waals surface area contributed by atoms with E-state index in [1.165, 1.54) is 0 Å². The molecule has 0 aromatic carbocycles. The van der Waals surface area contributed by atoms with Gasteiger partial charge >= 0.3 is 15.6 Å². The van der Waals surface area contributed by atoms with E-state index in [4.69, 9.17) is 20.3 Å². The van der Waals surface area contributed by atoms with E-state index in [2.05, 4.69) is 24.0 Å². The first-order valence-corrected chi connectivity index (χ1v) is 10.4. The zero-order valence-corrected chi connectivity index (χ0v) is 15.4. The van der Waals surface area contributed by atoms with Gasteiger partial charge < -0.3 is 35.2 Å². The number of nitrogens with two attached hydrogens (primary N) is 1. The predicted molar refractivity (Wildman–Crippen MR) is 87.4 cm³/mol. The van der Waals surface area contributed by atoms with E-state index >= 15 is 0 Å². The summed E-state index contributed by atoms with van der Waals surface area (Å²) in [6.07, 6.45) is -5.60. The van der Waals surface area contributed by atoms with Gasteiger partial charge in [0, 0.05) is 0 Å². The van der Waals surface area contributed by atoms with Gasteiger partial charge in [0.25, 0.3) is 5.56 Å². The molecule has 16 nitrogen and oxygen atoms in total. The van der Waals surface area contributed by atoms with E-state index in [1.807, 2.05) is 0 Å². The Morgan fingerprint density at radius 3 is 2.39 bits per heavy atom. The van der Waals surface area contributed by atoms with Crippen LogP contribution in [0.3, 0.4) is 0 Å². The van der Waals surface area contributed by atoms with Gasteiger partial charge in [-0.2, -0.15) is 4.98 Å². The van der Waals surface area contributed by atoms with Gasteiger partial charge in [0.2, 0.25) is 5.95 Å². The van der Waals surface area contributed by atoms with Gasteiger partial charge in [0.15, 0.2) is 17.4 Å². The van der Waals surface area contributed by atoms with E-state index in [0.717, 1.165) is 10.9 Å². The molecule has 2 aromatic rings. The van der Waals surface area contributed by atoms with Crippen LogP contribution in [-0.4, -0.2) is 69.1 Å². The monoisotopic (exact) mass is 443 g/mol. The topological polar surface area (TPSA) is 253 Å². The molecule has 4 unspecified atom stereocenters. The average Bonchev–Trinajstić information content (AvgIpc) is 3.07. The highest BCUT2D eigenvalue weighted by Crippen LogP contribution is 2.49. The number of hydrogen-bond acceptors (Lipinski definition) is 10. The van der Waals surface area contributed by atoms with Crippen LogP contribution in [0.25, 0.3) is 11.2 Å². The molecule has 0 spiro atoms. The van der Waals surface area contributed by atoms with Crippen LogP contribution in [0.15, 0.2) is 11.1 Å².